The van der Waals surface area contributed by atoms with Gasteiger partial charge in [0.05, 0.1) is 5.52 Å². The number of aromatic nitrogens is 3. The van der Waals surface area contributed by atoms with Crippen molar-refractivity contribution in [1.82, 2.24) is 14.7 Å². The highest BCUT2D eigenvalue weighted by Crippen LogP contribution is 2.09. The van der Waals surface area contributed by atoms with E-state index in [-0.39, 0.29) is 0 Å². The number of fused-ring (bicyclic) bond motifs is 1. The van der Waals surface area contributed by atoms with Gasteiger partial charge in [-0.2, -0.15) is 0 Å². The molecule has 2 aromatic rings. The number of benzene rings is 1. The first kappa shape index (κ1) is 7.48. The average molecular weight is 177 g/mol. The molecule has 62 valence electrons. The molecular weight excluding hydrogens is 166 g/mol. The first-order valence-electron chi connectivity index (χ1n) is 4.09. The predicted molar refractivity (Wildman–Crippen MR) is 51.8 cm³/mol. The van der Waals surface area contributed by atoms with Crippen molar-refractivity contribution in [3.63, 3.8) is 0 Å². The summed E-state index contributed by atoms with van der Waals surface area (Å²) in [5.41, 5.74) is 2.16. The smallest absolute Gasteiger partial charge is 0.166 e. The molecule has 2 rings (SSSR count). The minimum Gasteiger partial charge on any atom is -0.278 e. The highest BCUT2D eigenvalue weighted by Gasteiger charge is 2.05. The topological polar surface area (TPSA) is 30.7 Å². The van der Waals surface area contributed by atoms with Gasteiger partial charge in [0.1, 0.15) is 5.52 Å². The summed E-state index contributed by atoms with van der Waals surface area (Å²) in [6.45, 7) is 4.47. The van der Waals surface area contributed by atoms with Gasteiger partial charge in [-0.05, 0) is 12.1 Å². The van der Waals surface area contributed by atoms with E-state index in [1.165, 1.54) is 5.52 Å². The number of nitrogens with zero attached hydrogens (tertiary/aromatic N) is 3. The first-order valence-corrected chi connectivity index (χ1v) is 6.91. The van der Waals surface area contributed by atoms with Crippen LogP contribution in [0.1, 0.15) is 0 Å². The molecule has 3 nitrogen and oxygen atoms in total. The third-order valence-electron chi connectivity index (χ3n) is 1.87. The second-order valence-corrected chi connectivity index (χ2v) is 5.79. The molecule has 0 spiro atoms. The minimum absolute atomic E-state index is 0.887. The summed E-state index contributed by atoms with van der Waals surface area (Å²) in [5, 5.41) is 8.21. The van der Waals surface area contributed by atoms with Crippen LogP contribution in [0.5, 0.6) is 0 Å². The molecule has 0 radical (unpaired) electrons. The normalized spacial score (nSPS) is 11.2. The van der Waals surface area contributed by atoms with Gasteiger partial charge >= 0.3 is 0 Å². The number of hydrogen-bond acceptors (Lipinski definition) is 2. The van der Waals surface area contributed by atoms with Crippen molar-refractivity contribution in [3.8, 4) is 0 Å². The van der Waals surface area contributed by atoms with Crippen molar-refractivity contribution in [2.24, 2.45) is 0 Å². The Hall–Kier alpha value is -1.16. The minimum atomic E-state index is -0.887. The molecule has 1 aromatic heterocycles. The first-order chi connectivity index (χ1) is 5.79. The van der Waals surface area contributed by atoms with Crippen LogP contribution in [0, 0.1) is 0 Å². The third kappa shape index (κ3) is 1.04. The molecule has 1 heterocycles. The van der Waals surface area contributed by atoms with Gasteiger partial charge in [-0.1, -0.05) is 30.4 Å². The number of rotatable bonds is 1. The lowest BCUT2D eigenvalue weighted by molar-refractivity contribution is 0.878. The number of para-hydroxylation sites is 1. The number of hydrogen-bond donors (Lipinski definition) is 0. The molecule has 4 heteroatoms. The van der Waals surface area contributed by atoms with Gasteiger partial charge in [0, 0.05) is 0 Å². The SMILES string of the molecule is C[SiH](C)n1nnc2ccccc21. The summed E-state index contributed by atoms with van der Waals surface area (Å²) in [7, 11) is -0.887. The molecule has 0 atom stereocenters. The summed E-state index contributed by atoms with van der Waals surface area (Å²) in [5.74, 6) is 0. The molecular formula is C8H11N3Si. The van der Waals surface area contributed by atoms with Crippen molar-refractivity contribution in [3.05, 3.63) is 24.3 Å². The Balaban J connectivity index is 2.70. The Kier molecular flexibility index (Phi) is 1.69. The quantitative estimate of drug-likeness (QED) is 0.614. The monoisotopic (exact) mass is 177 g/mol. The van der Waals surface area contributed by atoms with Crippen molar-refractivity contribution < 1.29 is 0 Å². The highest BCUT2D eigenvalue weighted by atomic mass is 28.3. The van der Waals surface area contributed by atoms with E-state index in [2.05, 4.69) is 33.8 Å². The van der Waals surface area contributed by atoms with Crippen molar-refractivity contribution in [2.75, 3.05) is 0 Å². The van der Waals surface area contributed by atoms with Gasteiger partial charge in [0.25, 0.3) is 0 Å². The Morgan fingerprint density at radius 2 is 2.00 bits per heavy atom. The molecule has 0 aliphatic rings. The molecule has 0 aliphatic heterocycles. The van der Waals surface area contributed by atoms with Gasteiger partial charge in [-0.25, -0.2) is 0 Å². The fourth-order valence-electron chi connectivity index (χ4n) is 1.27. The summed E-state index contributed by atoms with van der Waals surface area (Å²) >= 11 is 0. The molecule has 12 heavy (non-hydrogen) atoms. The van der Waals surface area contributed by atoms with E-state index in [1.807, 2.05) is 18.2 Å². The summed E-state index contributed by atoms with van der Waals surface area (Å²) < 4.78 is 2.06. The van der Waals surface area contributed by atoms with E-state index in [1.54, 1.807) is 0 Å². The zero-order chi connectivity index (χ0) is 8.55. The van der Waals surface area contributed by atoms with Crippen molar-refractivity contribution in [2.45, 2.75) is 13.1 Å². The van der Waals surface area contributed by atoms with Crippen molar-refractivity contribution >= 4 is 20.0 Å². The van der Waals surface area contributed by atoms with E-state index in [0.717, 1.165) is 5.52 Å². The van der Waals surface area contributed by atoms with E-state index in [4.69, 9.17) is 0 Å². The molecule has 0 saturated heterocycles. The fraction of sp³-hybridized carbons (Fsp3) is 0.250. The van der Waals surface area contributed by atoms with Gasteiger partial charge in [0.15, 0.2) is 8.96 Å². The molecule has 0 unspecified atom stereocenters. The van der Waals surface area contributed by atoms with Crippen LogP contribution in [0.4, 0.5) is 0 Å². The molecule has 0 aliphatic carbocycles. The van der Waals surface area contributed by atoms with Gasteiger partial charge in [0.2, 0.25) is 0 Å². The summed E-state index contributed by atoms with van der Waals surface area (Å²) in [6, 6.07) is 8.08. The molecule has 0 bridgehead atoms. The summed E-state index contributed by atoms with van der Waals surface area (Å²) in [6.07, 6.45) is 0. The Morgan fingerprint density at radius 1 is 1.25 bits per heavy atom. The van der Waals surface area contributed by atoms with Crippen LogP contribution in [-0.4, -0.2) is 23.6 Å². The zero-order valence-electron chi connectivity index (χ0n) is 7.23. The lowest BCUT2D eigenvalue weighted by atomic mass is 10.3. The maximum absolute atomic E-state index is 4.12. The lowest BCUT2D eigenvalue weighted by Crippen LogP contribution is -2.16. The van der Waals surface area contributed by atoms with Crippen LogP contribution in [0.3, 0.4) is 0 Å². The zero-order valence-corrected chi connectivity index (χ0v) is 8.38. The van der Waals surface area contributed by atoms with Crippen LogP contribution in [-0.2, 0) is 0 Å². The van der Waals surface area contributed by atoms with E-state index in [9.17, 15) is 0 Å². The van der Waals surface area contributed by atoms with E-state index >= 15 is 0 Å². The molecule has 0 fully saturated rings. The van der Waals surface area contributed by atoms with Gasteiger partial charge in [-0.3, -0.25) is 4.35 Å². The standard InChI is InChI=1S/C8H11N3Si/c1-12(2)11-8-6-4-3-5-7(8)9-10-11/h3-6,12H,1-2H3. The van der Waals surface area contributed by atoms with Crippen LogP contribution in [0.15, 0.2) is 24.3 Å². The second kappa shape index (κ2) is 2.71. The van der Waals surface area contributed by atoms with Crippen LogP contribution >= 0.6 is 0 Å². The largest absolute Gasteiger partial charge is 0.278 e. The molecule has 0 N–H and O–H groups in total. The van der Waals surface area contributed by atoms with E-state index < -0.39 is 8.96 Å². The van der Waals surface area contributed by atoms with Crippen LogP contribution in [0.2, 0.25) is 13.1 Å². The van der Waals surface area contributed by atoms with Crippen LogP contribution < -0.4 is 0 Å². The Labute approximate surface area is 72.7 Å². The third-order valence-corrected chi connectivity index (χ3v) is 3.23. The van der Waals surface area contributed by atoms with Gasteiger partial charge in [-0.15, -0.1) is 5.10 Å². The van der Waals surface area contributed by atoms with Gasteiger partial charge < -0.3 is 0 Å². The molecule has 0 saturated carbocycles. The van der Waals surface area contributed by atoms with Crippen molar-refractivity contribution in [1.29, 1.82) is 0 Å². The Bertz CT molecular complexity index is 394. The molecule has 1 aromatic carbocycles. The predicted octanol–water partition coefficient (Wildman–Crippen LogP) is 1.26. The maximum atomic E-state index is 4.12. The Morgan fingerprint density at radius 3 is 2.75 bits per heavy atom. The average Bonchev–Trinajstić information content (AvgIpc) is 2.47. The highest BCUT2D eigenvalue weighted by molar-refractivity contribution is 6.54. The van der Waals surface area contributed by atoms with Crippen LogP contribution in [0.25, 0.3) is 11.0 Å². The lowest BCUT2D eigenvalue weighted by Gasteiger charge is -2.02. The maximum Gasteiger partial charge on any atom is 0.166 e. The van der Waals surface area contributed by atoms with E-state index in [0.29, 0.717) is 0 Å². The second-order valence-electron chi connectivity index (χ2n) is 3.12. The molecule has 0 amide bonds. The summed E-state index contributed by atoms with van der Waals surface area (Å²) in [4.78, 5) is 0. The fourth-order valence-corrected chi connectivity index (χ4v) is 2.30.